The summed E-state index contributed by atoms with van der Waals surface area (Å²) in [4.78, 5) is 73.1. The molecule has 4 aliphatic rings. The monoisotopic (exact) mass is 725 g/mol. The lowest BCUT2D eigenvalue weighted by Crippen LogP contribution is -2.56. The second-order valence-corrected chi connectivity index (χ2v) is 15.4. The SMILES string of the molecule is CCOC(=O)[C@@]12C[C@@H]1/C=C\CCCCC[C@H](NC(=O)OC(C)(C)C)C(=O)N1C[C@H](OC(=O)N3Cc4ccc(OCCN(C)C)cc4C3)C[C@H]1C(=O)N2. The number of hydrogen-bond donors (Lipinski definition) is 2. The molecule has 52 heavy (non-hydrogen) atoms. The van der Waals surface area contributed by atoms with E-state index in [0.29, 0.717) is 39.0 Å². The van der Waals surface area contributed by atoms with Crippen LogP contribution in [-0.4, -0.2) is 114 Å². The Labute approximate surface area is 306 Å². The first-order chi connectivity index (χ1) is 24.7. The molecule has 2 N–H and O–H groups in total. The highest BCUT2D eigenvalue weighted by atomic mass is 16.6. The van der Waals surface area contributed by atoms with Crippen LogP contribution in [-0.2, 0) is 41.7 Å². The van der Waals surface area contributed by atoms with E-state index in [2.05, 4.69) is 10.6 Å². The number of nitrogens with zero attached hydrogens (tertiary/aromatic N) is 3. The van der Waals surface area contributed by atoms with Gasteiger partial charge in [0.05, 0.1) is 13.2 Å². The number of benzene rings is 1. The fourth-order valence-electron chi connectivity index (χ4n) is 7.00. The fraction of sp³-hybridized carbons (Fsp3) is 0.658. The molecule has 2 fully saturated rings. The van der Waals surface area contributed by atoms with Gasteiger partial charge in [-0.1, -0.05) is 31.1 Å². The predicted molar refractivity (Wildman–Crippen MR) is 191 cm³/mol. The number of ether oxygens (including phenoxy) is 4. The number of nitrogens with one attached hydrogen (secondary N) is 2. The van der Waals surface area contributed by atoms with Gasteiger partial charge in [-0.3, -0.25) is 14.5 Å². The zero-order valence-corrected chi connectivity index (χ0v) is 31.4. The molecule has 1 saturated carbocycles. The van der Waals surface area contributed by atoms with Gasteiger partial charge in [-0.25, -0.2) is 14.4 Å². The van der Waals surface area contributed by atoms with Crippen LogP contribution in [0.1, 0.15) is 83.8 Å². The van der Waals surface area contributed by atoms with Crippen LogP contribution < -0.4 is 15.4 Å². The third-order valence-electron chi connectivity index (χ3n) is 9.80. The van der Waals surface area contributed by atoms with E-state index in [9.17, 15) is 24.0 Å². The maximum absolute atomic E-state index is 14.3. The van der Waals surface area contributed by atoms with Gasteiger partial charge in [-0.05, 0) is 90.7 Å². The van der Waals surface area contributed by atoms with Crippen molar-refractivity contribution in [3.05, 3.63) is 41.5 Å². The molecule has 0 bridgehead atoms. The van der Waals surface area contributed by atoms with Crippen molar-refractivity contribution in [2.75, 3.05) is 40.4 Å². The minimum absolute atomic E-state index is 0.0204. The number of amides is 4. The smallest absolute Gasteiger partial charge is 0.410 e. The van der Waals surface area contributed by atoms with Crippen molar-refractivity contribution < 1.29 is 42.9 Å². The first-order valence-corrected chi connectivity index (χ1v) is 18.5. The molecule has 0 aromatic heterocycles. The van der Waals surface area contributed by atoms with Crippen molar-refractivity contribution in [3.63, 3.8) is 0 Å². The number of carbonyl (C=O) groups excluding carboxylic acids is 5. The Bertz CT molecular complexity index is 1520. The van der Waals surface area contributed by atoms with Crippen LogP contribution in [0.15, 0.2) is 30.4 Å². The van der Waals surface area contributed by atoms with E-state index in [1.165, 1.54) is 4.90 Å². The van der Waals surface area contributed by atoms with Gasteiger partial charge in [-0.15, -0.1) is 0 Å². The van der Waals surface area contributed by atoms with E-state index in [4.69, 9.17) is 18.9 Å². The van der Waals surface area contributed by atoms with E-state index in [1.807, 2.05) is 49.3 Å². The molecule has 1 aromatic rings. The van der Waals surface area contributed by atoms with Crippen molar-refractivity contribution in [2.45, 2.75) is 115 Å². The Balaban J connectivity index is 1.33. The van der Waals surface area contributed by atoms with Crippen LogP contribution in [0.2, 0.25) is 0 Å². The van der Waals surface area contributed by atoms with Crippen LogP contribution in [0.4, 0.5) is 9.59 Å². The van der Waals surface area contributed by atoms with Gasteiger partial charge in [0.2, 0.25) is 11.8 Å². The molecule has 0 radical (unpaired) electrons. The minimum atomic E-state index is -1.24. The summed E-state index contributed by atoms with van der Waals surface area (Å²) in [5, 5.41) is 5.67. The van der Waals surface area contributed by atoms with Crippen molar-refractivity contribution >= 4 is 30.0 Å². The van der Waals surface area contributed by atoms with Crippen LogP contribution >= 0.6 is 0 Å². The first kappa shape index (κ1) is 38.9. The molecule has 0 spiro atoms. The molecule has 1 aromatic carbocycles. The molecule has 1 aliphatic carbocycles. The minimum Gasteiger partial charge on any atom is -0.492 e. The van der Waals surface area contributed by atoms with Crippen molar-refractivity contribution in [3.8, 4) is 5.75 Å². The van der Waals surface area contributed by atoms with Gasteiger partial charge < -0.3 is 39.4 Å². The Morgan fingerprint density at radius 3 is 2.58 bits per heavy atom. The summed E-state index contributed by atoms with van der Waals surface area (Å²) in [6, 6.07) is 3.73. The summed E-state index contributed by atoms with van der Waals surface area (Å²) in [6.07, 6.45) is 5.68. The summed E-state index contributed by atoms with van der Waals surface area (Å²) < 4.78 is 22.7. The van der Waals surface area contributed by atoms with Gasteiger partial charge >= 0.3 is 18.2 Å². The van der Waals surface area contributed by atoms with Crippen LogP contribution in [0.25, 0.3) is 0 Å². The molecule has 14 nitrogen and oxygen atoms in total. The van der Waals surface area contributed by atoms with Gasteiger partial charge in [0, 0.05) is 32.0 Å². The van der Waals surface area contributed by atoms with E-state index >= 15 is 0 Å². The van der Waals surface area contributed by atoms with E-state index in [0.717, 1.165) is 42.7 Å². The molecule has 14 heteroatoms. The average molecular weight is 726 g/mol. The van der Waals surface area contributed by atoms with Crippen molar-refractivity contribution in [2.24, 2.45) is 5.92 Å². The van der Waals surface area contributed by atoms with Crippen LogP contribution in [0.5, 0.6) is 5.75 Å². The number of allylic oxidation sites excluding steroid dienone is 1. The van der Waals surface area contributed by atoms with Gasteiger partial charge in [0.25, 0.3) is 0 Å². The Hall–Kier alpha value is -4.33. The third-order valence-corrected chi connectivity index (χ3v) is 9.80. The number of carbonyl (C=O) groups is 5. The Morgan fingerprint density at radius 1 is 1.08 bits per heavy atom. The Kier molecular flexibility index (Phi) is 12.4. The lowest BCUT2D eigenvalue weighted by atomic mass is 10.0. The van der Waals surface area contributed by atoms with Crippen LogP contribution in [0, 0.1) is 5.92 Å². The summed E-state index contributed by atoms with van der Waals surface area (Å²) in [7, 11) is 3.95. The van der Waals surface area contributed by atoms with Crippen LogP contribution in [0.3, 0.4) is 0 Å². The van der Waals surface area contributed by atoms with Crippen molar-refractivity contribution in [1.82, 2.24) is 25.3 Å². The zero-order chi connectivity index (χ0) is 37.6. The van der Waals surface area contributed by atoms with Crippen molar-refractivity contribution in [1.29, 1.82) is 0 Å². The maximum Gasteiger partial charge on any atom is 0.410 e. The number of rotatable bonds is 8. The second-order valence-electron chi connectivity index (χ2n) is 15.4. The highest BCUT2D eigenvalue weighted by Gasteiger charge is 2.62. The second kappa shape index (κ2) is 16.6. The highest BCUT2D eigenvalue weighted by Crippen LogP contribution is 2.46. The zero-order valence-electron chi connectivity index (χ0n) is 31.4. The molecule has 5 rings (SSSR count). The first-order valence-electron chi connectivity index (χ1n) is 18.5. The molecular formula is C38H55N5O9. The van der Waals surface area contributed by atoms with Gasteiger partial charge in [0.15, 0.2) is 0 Å². The van der Waals surface area contributed by atoms with E-state index in [-0.39, 0.29) is 25.5 Å². The molecule has 3 aliphatic heterocycles. The molecule has 5 atom stereocenters. The van der Waals surface area contributed by atoms with E-state index in [1.54, 1.807) is 32.6 Å². The van der Waals surface area contributed by atoms with E-state index < -0.39 is 59.3 Å². The third kappa shape index (κ3) is 9.75. The molecule has 1 saturated heterocycles. The number of likely N-dealkylation sites (N-methyl/N-ethyl adjacent to an activating group) is 1. The summed E-state index contributed by atoms with van der Waals surface area (Å²) in [5.41, 5.74) is -0.0786. The summed E-state index contributed by atoms with van der Waals surface area (Å²) >= 11 is 0. The number of fused-ring (bicyclic) bond motifs is 3. The quantitative estimate of drug-likeness (QED) is 0.229. The maximum atomic E-state index is 14.3. The number of hydrogen-bond acceptors (Lipinski definition) is 10. The number of alkyl carbamates (subject to hydrolysis) is 1. The average Bonchev–Trinajstić information content (AvgIpc) is 3.36. The predicted octanol–water partition coefficient (Wildman–Crippen LogP) is 3.90. The molecular weight excluding hydrogens is 670 g/mol. The lowest BCUT2D eigenvalue weighted by molar-refractivity contribution is -0.150. The van der Waals surface area contributed by atoms with Gasteiger partial charge in [-0.2, -0.15) is 0 Å². The molecule has 4 amide bonds. The summed E-state index contributed by atoms with van der Waals surface area (Å²) in [5.74, 6) is -1.06. The highest BCUT2D eigenvalue weighted by molar-refractivity contribution is 5.96. The standard InChI is InChI=1S/C38H55N5O9/c1-7-49-34(46)38-21-27(38)13-11-9-8-10-12-14-30(39-35(47)52-37(2,3)4)33(45)43-24-29(20-31(43)32(44)40-38)51-36(48)42-22-25-15-16-28(19-26(25)23-42)50-18-17-41(5)6/h11,13,15-16,19,27,29-31H,7-10,12,14,17-18,20-24H2,1-6H3,(H,39,47)(H,40,44)/b13-11-/t27-,29+,30-,31-,38+/m0/s1. The normalized spacial score (nSPS) is 26.9. The molecule has 286 valence electrons. The fourth-order valence-corrected chi connectivity index (χ4v) is 7.00. The summed E-state index contributed by atoms with van der Waals surface area (Å²) in [6.45, 7) is 9.01. The van der Waals surface area contributed by atoms with Gasteiger partial charge in [0.1, 0.15) is 41.7 Å². The lowest BCUT2D eigenvalue weighted by Gasteiger charge is -2.30. The Morgan fingerprint density at radius 2 is 1.85 bits per heavy atom. The largest absolute Gasteiger partial charge is 0.492 e. The molecule has 3 heterocycles. The topological polar surface area (TPSA) is 156 Å². The molecule has 0 unspecified atom stereocenters. The number of esters is 1.